The maximum Gasteiger partial charge on any atom is 0.238 e. The van der Waals surface area contributed by atoms with Crippen molar-refractivity contribution in [2.75, 3.05) is 12.0 Å². The van der Waals surface area contributed by atoms with Crippen molar-refractivity contribution in [1.29, 1.82) is 0 Å². The molecule has 0 radical (unpaired) electrons. The molecule has 2 amide bonds. The smallest absolute Gasteiger partial charge is 0.238 e. The van der Waals surface area contributed by atoms with Gasteiger partial charge >= 0.3 is 0 Å². The van der Waals surface area contributed by atoms with E-state index in [9.17, 15) is 9.59 Å². The van der Waals surface area contributed by atoms with Gasteiger partial charge in [0.1, 0.15) is 0 Å². The van der Waals surface area contributed by atoms with Crippen molar-refractivity contribution < 1.29 is 14.3 Å². The molecule has 0 N–H and O–H groups in total. The fourth-order valence-electron chi connectivity index (χ4n) is 5.40. The normalized spacial score (nSPS) is 41.1. The number of imide groups is 1. The quantitative estimate of drug-likeness (QED) is 0.786. The van der Waals surface area contributed by atoms with Crippen LogP contribution in [0.2, 0.25) is 0 Å². The summed E-state index contributed by atoms with van der Waals surface area (Å²) in [6.07, 6.45) is 3.24. The zero-order valence-corrected chi connectivity index (χ0v) is 12.3. The van der Waals surface area contributed by atoms with Gasteiger partial charge in [-0.2, -0.15) is 0 Å². The van der Waals surface area contributed by atoms with Crippen molar-refractivity contribution in [1.82, 2.24) is 0 Å². The number of nitrogens with zero attached hydrogens (tertiary/aromatic N) is 1. The number of amides is 2. The topological polar surface area (TPSA) is 46.6 Å². The summed E-state index contributed by atoms with van der Waals surface area (Å²) in [5.41, 5.74) is 0.706. The molecule has 3 aliphatic carbocycles. The van der Waals surface area contributed by atoms with Crippen molar-refractivity contribution in [2.24, 2.45) is 35.5 Å². The average molecular weight is 295 g/mol. The second-order valence-corrected chi connectivity index (χ2v) is 6.83. The van der Waals surface area contributed by atoms with Crippen molar-refractivity contribution >= 4 is 17.5 Å². The predicted octanol–water partition coefficient (Wildman–Crippen LogP) is 2.22. The minimum atomic E-state index is -0.133. The Hall–Kier alpha value is -2.10. The molecule has 4 heteroatoms. The molecule has 4 nitrogen and oxygen atoms in total. The van der Waals surface area contributed by atoms with E-state index >= 15 is 0 Å². The predicted molar refractivity (Wildman–Crippen MR) is 79.6 cm³/mol. The molecule has 5 rings (SSSR count). The Bertz CT molecular complexity index is 710. The number of para-hydroxylation sites is 1. The molecular formula is C18H17NO3. The van der Waals surface area contributed by atoms with Gasteiger partial charge in [-0.25, -0.2) is 0 Å². The molecule has 1 aliphatic heterocycles. The first-order valence-electron chi connectivity index (χ1n) is 7.91. The first kappa shape index (κ1) is 12.4. The molecule has 4 aliphatic rings. The number of methoxy groups -OCH3 is 1. The number of benzene rings is 1. The highest BCUT2D eigenvalue weighted by molar-refractivity contribution is 6.23. The average Bonchev–Trinajstić information content (AvgIpc) is 3.08. The Morgan fingerprint density at radius 1 is 1.05 bits per heavy atom. The number of allylic oxidation sites excluding steroid dienone is 2. The summed E-state index contributed by atoms with van der Waals surface area (Å²) in [6, 6.07) is 9.30. The lowest BCUT2D eigenvalue weighted by molar-refractivity contribution is -0.138. The van der Waals surface area contributed by atoms with Crippen LogP contribution in [0.25, 0.3) is 0 Å². The van der Waals surface area contributed by atoms with Gasteiger partial charge in [0.2, 0.25) is 11.8 Å². The second-order valence-electron chi connectivity index (χ2n) is 6.83. The number of hydrogen-bond donors (Lipinski definition) is 0. The highest BCUT2D eigenvalue weighted by Gasteiger charge is 2.72. The highest BCUT2D eigenvalue weighted by Crippen LogP contribution is 2.68. The van der Waals surface area contributed by atoms with Crippen LogP contribution < -0.4 is 4.90 Å². The van der Waals surface area contributed by atoms with Gasteiger partial charge in [0.15, 0.2) is 0 Å². The van der Waals surface area contributed by atoms with Crippen LogP contribution >= 0.6 is 0 Å². The van der Waals surface area contributed by atoms with E-state index in [0.717, 1.165) is 12.2 Å². The highest BCUT2D eigenvalue weighted by atomic mass is 16.5. The van der Waals surface area contributed by atoms with Crippen molar-refractivity contribution in [2.45, 2.75) is 6.42 Å². The van der Waals surface area contributed by atoms with Crippen molar-refractivity contribution in [3.63, 3.8) is 0 Å². The molecule has 0 spiro atoms. The standard InChI is InChI=1S/C18H17NO3/c1-22-12-8-9-7-11(12)14-13(9)15-16(14)18(21)19(17(15)20)10-5-3-2-4-6-10/h2-6,8-9,11,13-16H,7H2,1H3/t9-,11+,13+,14-,15-,16+/m0/s1. The first-order valence-corrected chi connectivity index (χ1v) is 7.91. The SMILES string of the molecule is COC1=C[C@@H]2C[C@H]1[C@@H]1[C@H]3C(=O)N(c4ccccc4)C(=O)[C@H]3[C@@H]12. The minimum absolute atomic E-state index is 0.00219. The molecule has 112 valence electrons. The number of rotatable bonds is 2. The van der Waals surface area contributed by atoms with Crippen LogP contribution in [-0.4, -0.2) is 18.9 Å². The Balaban J connectivity index is 1.52. The van der Waals surface area contributed by atoms with Gasteiger partial charge < -0.3 is 4.74 Å². The van der Waals surface area contributed by atoms with E-state index in [2.05, 4.69) is 6.08 Å². The van der Waals surface area contributed by atoms with Gasteiger partial charge in [-0.3, -0.25) is 14.5 Å². The van der Waals surface area contributed by atoms with E-state index in [1.165, 1.54) is 4.90 Å². The zero-order valence-electron chi connectivity index (χ0n) is 12.3. The van der Waals surface area contributed by atoms with Gasteiger partial charge in [-0.15, -0.1) is 0 Å². The summed E-state index contributed by atoms with van der Waals surface area (Å²) in [6.45, 7) is 0. The summed E-state index contributed by atoms with van der Waals surface area (Å²) < 4.78 is 5.47. The first-order chi connectivity index (χ1) is 10.7. The summed E-state index contributed by atoms with van der Waals surface area (Å²) in [5.74, 6) is 2.19. The molecule has 22 heavy (non-hydrogen) atoms. The molecular weight excluding hydrogens is 278 g/mol. The number of fused-ring (bicyclic) bond motifs is 8. The molecule has 0 unspecified atom stereocenters. The van der Waals surface area contributed by atoms with E-state index in [0.29, 0.717) is 29.4 Å². The summed E-state index contributed by atoms with van der Waals surface area (Å²) in [7, 11) is 1.70. The fourth-order valence-corrected chi connectivity index (χ4v) is 5.40. The fraction of sp³-hybridized carbons (Fsp3) is 0.444. The molecule has 1 aromatic rings. The van der Waals surface area contributed by atoms with Crippen molar-refractivity contribution in [3.05, 3.63) is 42.2 Å². The van der Waals surface area contributed by atoms with Crippen molar-refractivity contribution in [3.8, 4) is 0 Å². The van der Waals surface area contributed by atoms with E-state index in [1.54, 1.807) is 7.11 Å². The van der Waals surface area contributed by atoms with Crippen LogP contribution in [-0.2, 0) is 14.3 Å². The third-order valence-corrected chi connectivity index (χ3v) is 6.15. The lowest BCUT2D eigenvalue weighted by atomic mass is 9.54. The van der Waals surface area contributed by atoms with Crippen LogP contribution in [0.15, 0.2) is 42.2 Å². The number of carbonyl (C=O) groups excluding carboxylic acids is 2. The molecule has 0 aromatic heterocycles. The molecule has 1 saturated heterocycles. The van der Waals surface area contributed by atoms with Crippen LogP contribution in [0.4, 0.5) is 5.69 Å². The van der Waals surface area contributed by atoms with Gasteiger partial charge in [-0.05, 0) is 42.4 Å². The summed E-state index contributed by atoms with van der Waals surface area (Å²) in [4.78, 5) is 27.1. The maximum absolute atomic E-state index is 12.8. The van der Waals surface area contributed by atoms with E-state index in [1.807, 2.05) is 30.3 Å². The van der Waals surface area contributed by atoms with Gasteiger partial charge in [0, 0.05) is 5.92 Å². The van der Waals surface area contributed by atoms with Crippen LogP contribution in [0, 0.1) is 35.5 Å². The molecule has 1 aromatic carbocycles. The molecule has 2 bridgehead atoms. The molecule has 3 fully saturated rings. The van der Waals surface area contributed by atoms with Crippen LogP contribution in [0.3, 0.4) is 0 Å². The molecule has 1 heterocycles. The van der Waals surface area contributed by atoms with Crippen LogP contribution in [0.5, 0.6) is 0 Å². The lowest BCUT2D eigenvalue weighted by Gasteiger charge is -2.47. The van der Waals surface area contributed by atoms with E-state index in [4.69, 9.17) is 4.74 Å². The van der Waals surface area contributed by atoms with Crippen LogP contribution in [0.1, 0.15) is 6.42 Å². The van der Waals surface area contributed by atoms with E-state index < -0.39 is 0 Å². The Morgan fingerprint density at radius 2 is 1.73 bits per heavy atom. The summed E-state index contributed by atoms with van der Waals surface area (Å²) >= 11 is 0. The number of carbonyl (C=O) groups is 2. The van der Waals surface area contributed by atoms with Gasteiger partial charge in [0.05, 0.1) is 30.4 Å². The molecule has 6 atom stereocenters. The largest absolute Gasteiger partial charge is 0.501 e. The molecule has 2 saturated carbocycles. The number of ether oxygens (including phenoxy) is 1. The Morgan fingerprint density at radius 3 is 2.41 bits per heavy atom. The Labute approximate surface area is 128 Å². The third-order valence-electron chi connectivity index (χ3n) is 6.15. The number of anilines is 1. The second kappa shape index (κ2) is 4.00. The third kappa shape index (κ3) is 1.25. The summed E-state index contributed by atoms with van der Waals surface area (Å²) in [5, 5.41) is 0. The maximum atomic E-state index is 12.8. The minimum Gasteiger partial charge on any atom is -0.501 e. The van der Waals surface area contributed by atoms with Gasteiger partial charge in [-0.1, -0.05) is 18.2 Å². The van der Waals surface area contributed by atoms with E-state index in [-0.39, 0.29) is 23.7 Å². The Kier molecular flexibility index (Phi) is 2.26. The lowest BCUT2D eigenvalue weighted by Crippen LogP contribution is -2.51. The number of hydrogen-bond acceptors (Lipinski definition) is 3. The van der Waals surface area contributed by atoms with Gasteiger partial charge in [0.25, 0.3) is 0 Å². The zero-order chi connectivity index (χ0) is 15.0. The monoisotopic (exact) mass is 295 g/mol.